The van der Waals surface area contributed by atoms with Gasteiger partial charge in [0.1, 0.15) is 18.2 Å². The Morgan fingerprint density at radius 1 is 1.19 bits per heavy atom. The monoisotopic (exact) mass is 481 g/mol. The Bertz CT molecular complexity index is 1240. The molecule has 0 radical (unpaired) electrons. The Hall–Kier alpha value is -2.49. The minimum absolute atomic E-state index is 0.0485. The van der Waals surface area contributed by atoms with Gasteiger partial charge in [0.05, 0.1) is 27.4 Å². The number of sulfonamides is 1. The van der Waals surface area contributed by atoms with E-state index in [2.05, 4.69) is 4.98 Å². The van der Waals surface area contributed by atoms with Gasteiger partial charge in [0.15, 0.2) is 0 Å². The van der Waals surface area contributed by atoms with Crippen molar-refractivity contribution in [2.45, 2.75) is 38.2 Å². The van der Waals surface area contributed by atoms with E-state index in [1.54, 1.807) is 32.0 Å². The first-order valence-corrected chi connectivity index (χ1v) is 12.0. The van der Waals surface area contributed by atoms with E-state index in [1.165, 1.54) is 22.5 Å². The molecule has 0 unspecified atom stereocenters. The van der Waals surface area contributed by atoms with Crippen LogP contribution in [0.4, 0.5) is 4.39 Å². The molecule has 0 aliphatic rings. The molecule has 3 rings (SSSR count). The van der Waals surface area contributed by atoms with Gasteiger partial charge in [-0.05, 0) is 30.3 Å². The lowest BCUT2D eigenvalue weighted by Gasteiger charge is -2.18. The number of ether oxygens (including phenoxy) is 1. The van der Waals surface area contributed by atoms with Gasteiger partial charge in [0.2, 0.25) is 10.0 Å². The SMILES string of the molecule is CCN(CC)S(=O)(=O)c1ccc2c(c1)nc(CCC(=O)OCc1ccc(F)cc1Cl)n2C. The fourth-order valence-electron chi connectivity index (χ4n) is 3.41. The molecule has 1 aromatic heterocycles. The quantitative estimate of drug-likeness (QED) is 0.430. The molecule has 0 bridgehead atoms. The highest BCUT2D eigenvalue weighted by atomic mass is 35.5. The first-order valence-electron chi connectivity index (χ1n) is 10.2. The number of nitrogens with zero attached hydrogens (tertiary/aromatic N) is 3. The van der Waals surface area contributed by atoms with Crippen LogP contribution in [-0.2, 0) is 39.6 Å². The molecule has 0 atom stereocenters. The Morgan fingerprint density at radius 3 is 2.56 bits per heavy atom. The van der Waals surface area contributed by atoms with Crippen molar-refractivity contribution < 1.29 is 22.3 Å². The van der Waals surface area contributed by atoms with Crippen molar-refractivity contribution in [2.75, 3.05) is 13.1 Å². The Balaban J connectivity index is 1.70. The Morgan fingerprint density at radius 2 is 1.91 bits per heavy atom. The highest BCUT2D eigenvalue weighted by molar-refractivity contribution is 7.89. The minimum atomic E-state index is -3.59. The summed E-state index contributed by atoms with van der Waals surface area (Å²) in [6.07, 6.45) is 0.403. The van der Waals surface area contributed by atoms with Crippen LogP contribution in [-0.4, -0.2) is 41.3 Å². The summed E-state index contributed by atoms with van der Waals surface area (Å²) < 4.78 is 47.1. The van der Waals surface area contributed by atoms with Crippen molar-refractivity contribution in [1.29, 1.82) is 0 Å². The van der Waals surface area contributed by atoms with Crippen LogP contribution in [0.3, 0.4) is 0 Å². The fourth-order valence-corrected chi connectivity index (χ4v) is 5.11. The van der Waals surface area contributed by atoms with Crippen molar-refractivity contribution in [1.82, 2.24) is 13.9 Å². The number of carbonyl (C=O) groups excluding carboxylic acids is 1. The zero-order valence-corrected chi connectivity index (χ0v) is 19.7. The number of rotatable bonds is 9. The van der Waals surface area contributed by atoms with E-state index < -0.39 is 21.8 Å². The van der Waals surface area contributed by atoms with Crippen LogP contribution in [0.15, 0.2) is 41.3 Å². The maximum atomic E-state index is 13.1. The molecule has 32 heavy (non-hydrogen) atoms. The molecular weight excluding hydrogens is 457 g/mol. The van der Waals surface area contributed by atoms with Crippen LogP contribution in [0.1, 0.15) is 31.7 Å². The molecule has 0 amide bonds. The largest absolute Gasteiger partial charge is 0.461 e. The third-order valence-corrected chi connectivity index (χ3v) is 7.64. The average molecular weight is 482 g/mol. The van der Waals surface area contributed by atoms with Crippen molar-refractivity contribution in [3.05, 3.63) is 58.6 Å². The standard InChI is InChI=1S/C22H25ClFN3O4S/c1-4-27(5-2)32(29,30)17-8-9-20-19(13-17)25-21(26(20)3)10-11-22(28)31-14-15-6-7-16(24)12-18(15)23/h6-9,12-13H,4-5,10-11,14H2,1-3H3. The summed E-state index contributed by atoms with van der Waals surface area (Å²) in [5.41, 5.74) is 1.83. The molecule has 3 aromatic rings. The molecule has 0 saturated heterocycles. The van der Waals surface area contributed by atoms with Gasteiger partial charge in [-0.3, -0.25) is 4.79 Å². The van der Waals surface area contributed by atoms with Gasteiger partial charge < -0.3 is 9.30 Å². The molecule has 0 saturated carbocycles. The predicted molar refractivity (Wildman–Crippen MR) is 120 cm³/mol. The molecule has 172 valence electrons. The highest BCUT2D eigenvalue weighted by Gasteiger charge is 2.23. The van der Waals surface area contributed by atoms with Crippen LogP contribution >= 0.6 is 11.6 Å². The first-order chi connectivity index (χ1) is 15.2. The second kappa shape index (κ2) is 9.97. The highest BCUT2D eigenvalue weighted by Crippen LogP contribution is 2.23. The van der Waals surface area contributed by atoms with Crippen LogP contribution in [0.25, 0.3) is 11.0 Å². The van der Waals surface area contributed by atoms with Gasteiger partial charge in [0.25, 0.3) is 0 Å². The molecule has 7 nitrogen and oxygen atoms in total. The van der Waals surface area contributed by atoms with E-state index in [-0.39, 0.29) is 22.9 Å². The number of esters is 1. The smallest absolute Gasteiger partial charge is 0.306 e. The Labute approximate surface area is 191 Å². The van der Waals surface area contributed by atoms with Crippen LogP contribution in [0.5, 0.6) is 0 Å². The lowest BCUT2D eigenvalue weighted by Crippen LogP contribution is -2.30. The third kappa shape index (κ3) is 5.11. The zero-order chi connectivity index (χ0) is 23.5. The number of benzene rings is 2. The second-order valence-electron chi connectivity index (χ2n) is 7.22. The third-order valence-electron chi connectivity index (χ3n) is 5.24. The van der Waals surface area contributed by atoms with E-state index >= 15 is 0 Å². The summed E-state index contributed by atoms with van der Waals surface area (Å²) >= 11 is 5.94. The lowest BCUT2D eigenvalue weighted by atomic mass is 10.2. The summed E-state index contributed by atoms with van der Waals surface area (Å²) in [4.78, 5) is 16.9. The van der Waals surface area contributed by atoms with Crippen LogP contribution in [0.2, 0.25) is 5.02 Å². The van der Waals surface area contributed by atoms with Crippen LogP contribution in [0, 0.1) is 5.82 Å². The summed E-state index contributed by atoms with van der Waals surface area (Å²) in [5.74, 6) is -0.267. The first kappa shape index (κ1) is 24.2. The summed E-state index contributed by atoms with van der Waals surface area (Å²) in [7, 11) is -1.77. The lowest BCUT2D eigenvalue weighted by molar-refractivity contribution is -0.144. The van der Waals surface area contributed by atoms with Gasteiger partial charge in [-0.25, -0.2) is 17.8 Å². The number of imidazole rings is 1. The van der Waals surface area contributed by atoms with Gasteiger partial charge in [-0.15, -0.1) is 0 Å². The average Bonchev–Trinajstić information content (AvgIpc) is 3.07. The number of aryl methyl sites for hydroxylation is 2. The predicted octanol–water partition coefficient (Wildman–Crippen LogP) is 4.07. The summed E-state index contributed by atoms with van der Waals surface area (Å²) in [5, 5.41) is 0.198. The van der Waals surface area contributed by atoms with Gasteiger partial charge >= 0.3 is 5.97 Å². The number of hydrogen-bond acceptors (Lipinski definition) is 5. The van der Waals surface area contributed by atoms with E-state index in [0.717, 1.165) is 5.52 Å². The molecule has 0 spiro atoms. The maximum Gasteiger partial charge on any atom is 0.306 e. The number of halogens is 2. The number of fused-ring (bicyclic) bond motifs is 1. The maximum absolute atomic E-state index is 13.1. The summed E-state index contributed by atoms with van der Waals surface area (Å²) in [6, 6.07) is 8.74. The van der Waals surface area contributed by atoms with Crippen LogP contribution < -0.4 is 0 Å². The zero-order valence-electron chi connectivity index (χ0n) is 18.1. The number of aromatic nitrogens is 2. The van der Waals surface area contributed by atoms with E-state index in [9.17, 15) is 17.6 Å². The molecule has 1 heterocycles. The summed E-state index contributed by atoms with van der Waals surface area (Å²) in [6.45, 7) is 4.31. The van der Waals surface area contributed by atoms with E-state index in [4.69, 9.17) is 16.3 Å². The van der Waals surface area contributed by atoms with Gasteiger partial charge in [-0.1, -0.05) is 31.5 Å². The topological polar surface area (TPSA) is 81.5 Å². The number of carbonyl (C=O) groups is 1. The van der Waals surface area contributed by atoms with Gasteiger partial charge in [-0.2, -0.15) is 4.31 Å². The fraction of sp³-hybridized carbons (Fsp3) is 0.364. The van der Waals surface area contributed by atoms with Crippen molar-refractivity contribution >= 4 is 38.6 Å². The molecule has 0 aliphatic heterocycles. The molecular formula is C22H25ClFN3O4S. The van der Waals surface area contributed by atoms with Crippen molar-refractivity contribution in [2.24, 2.45) is 7.05 Å². The van der Waals surface area contributed by atoms with E-state index in [0.29, 0.717) is 36.4 Å². The molecule has 0 aliphatic carbocycles. The number of hydrogen-bond donors (Lipinski definition) is 0. The van der Waals surface area contributed by atoms with Crippen molar-refractivity contribution in [3.63, 3.8) is 0 Å². The minimum Gasteiger partial charge on any atom is -0.461 e. The second-order valence-corrected chi connectivity index (χ2v) is 9.57. The molecule has 10 heteroatoms. The van der Waals surface area contributed by atoms with Crippen molar-refractivity contribution in [3.8, 4) is 0 Å². The molecule has 0 N–H and O–H groups in total. The van der Waals surface area contributed by atoms with E-state index in [1.807, 2.05) is 11.6 Å². The molecule has 2 aromatic carbocycles. The Kier molecular flexibility index (Phi) is 7.53. The molecule has 0 fully saturated rings. The normalized spacial score (nSPS) is 11.9. The van der Waals surface area contributed by atoms with Gasteiger partial charge in [0, 0.05) is 32.1 Å².